The van der Waals surface area contributed by atoms with Crippen LogP contribution in [0.3, 0.4) is 0 Å². The van der Waals surface area contributed by atoms with E-state index in [1.54, 1.807) is 30.0 Å². The Labute approximate surface area is 298 Å². The molecule has 13 heteroatoms. The first-order valence-corrected chi connectivity index (χ1v) is 17.5. The molecule has 4 bridgehead atoms. The van der Waals surface area contributed by atoms with Gasteiger partial charge in [0.15, 0.2) is 23.1 Å². The van der Waals surface area contributed by atoms with E-state index in [9.17, 15) is 19.2 Å². The Kier molecular flexibility index (Phi) is 12.8. The van der Waals surface area contributed by atoms with Crippen LogP contribution in [0.5, 0.6) is 17.2 Å². The molecule has 0 unspecified atom stereocenters. The summed E-state index contributed by atoms with van der Waals surface area (Å²) in [6.45, 7) is 6.54. The third-order valence-corrected chi connectivity index (χ3v) is 9.16. The number of amides is 4. The van der Waals surface area contributed by atoms with Gasteiger partial charge in [-0.05, 0) is 86.5 Å². The molecule has 0 aromatic heterocycles. The monoisotopic (exact) mass is 702 g/mol. The fraction of sp³-hybridized carbons (Fsp3) is 0.421. The van der Waals surface area contributed by atoms with Crippen LogP contribution in [0.4, 0.5) is 10.1 Å². The van der Waals surface area contributed by atoms with Crippen molar-refractivity contribution in [1.29, 1.82) is 0 Å². The predicted molar refractivity (Wildman–Crippen MR) is 192 cm³/mol. The molecule has 0 radical (unpaired) electrons. The minimum atomic E-state index is -0.772. The number of ether oxygens (including phenoxy) is 2. The zero-order valence-corrected chi connectivity index (χ0v) is 29.5. The molecule has 3 N–H and O–H groups in total. The van der Waals surface area contributed by atoms with Crippen molar-refractivity contribution in [2.24, 2.45) is 0 Å². The van der Waals surface area contributed by atoms with E-state index >= 15 is 4.39 Å². The molecule has 0 aliphatic carbocycles. The summed E-state index contributed by atoms with van der Waals surface area (Å²) in [6, 6.07) is 15.8. The number of hydrogen-bond donors (Lipinski definition) is 3. The lowest BCUT2D eigenvalue weighted by Crippen LogP contribution is -2.46. The van der Waals surface area contributed by atoms with E-state index in [4.69, 9.17) is 9.47 Å². The first-order chi connectivity index (χ1) is 24.6. The van der Waals surface area contributed by atoms with Crippen LogP contribution in [-0.4, -0.2) is 99.4 Å². The smallest absolute Gasteiger partial charge is 0.253 e. The van der Waals surface area contributed by atoms with Gasteiger partial charge in [0.05, 0.1) is 7.11 Å². The molecule has 1 atom stereocenters. The van der Waals surface area contributed by atoms with Gasteiger partial charge in [-0.3, -0.25) is 19.2 Å². The molecule has 12 nitrogen and oxygen atoms in total. The lowest BCUT2D eigenvalue weighted by atomic mass is 10.1. The number of nitrogens with zero attached hydrogens (tertiary/aromatic N) is 3. The van der Waals surface area contributed by atoms with Gasteiger partial charge >= 0.3 is 0 Å². The van der Waals surface area contributed by atoms with E-state index < -0.39 is 11.9 Å². The number of methoxy groups -OCH3 is 1. The molecule has 272 valence electrons. The molecule has 0 spiro atoms. The van der Waals surface area contributed by atoms with Gasteiger partial charge in [-0.1, -0.05) is 13.0 Å². The third-order valence-electron chi connectivity index (χ3n) is 9.16. The zero-order chi connectivity index (χ0) is 36.3. The molecular formula is C38H47FN6O6. The van der Waals surface area contributed by atoms with Crippen LogP contribution in [0.2, 0.25) is 0 Å². The molecule has 3 aliphatic rings. The van der Waals surface area contributed by atoms with Crippen molar-refractivity contribution in [1.82, 2.24) is 25.8 Å². The highest BCUT2D eigenvalue weighted by atomic mass is 19.1. The second-order valence-corrected chi connectivity index (χ2v) is 12.8. The number of rotatable bonds is 4. The topological polar surface area (TPSA) is 133 Å². The van der Waals surface area contributed by atoms with Gasteiger partial charge in [-0.2, -0.15) is 0 Å². The number of anilines is 1. The lowest BCUT2D eigenvalue weighted by Gasteiger charge is -2.34. The number of carbonyl (C=O) groups is 4. The van der Waals surface area contributed by atoms with Crippen LogP contribution in [0, 0.1) is 5.82 Å². The number of hydrogen-bond acceptors (Lipinski definition) is 8. The maximum atomic E-state index is 15.1. The summed E-state index contributed by atoms with van der Waals surface area (Å²) in [6.07, 6.45) is 1.30. The number of nitrogens with one attached hydrogen (secondary N) is 3. The van der Waals surface area contributed by atoms with Gasteiger partial charge in [-0.25, -0.2) is 4.39 Å². The number of benzene rings is 3. The van der Waals surface area contributed by atoms with Crippen LogP contribution >= 0.6 is 0 Å². The number of carbonyl (C=O) groups excluding carboxylic acids is 4. The van der Waals surface area contributed by atoms with E-state index in [1.165, 1.54) is 25.3 Å². The Morgan fingerprint density at radius 1 is 0.902 bits per heavy atom. The van der Waals surface area contributed by atoms with Crippen molar-refractivity contribution in [3.05, 3.63) is 83.2 Å². The maximum absolute atomic E-state index is 15.1. The normalized spacial score (nSPS) is 18.7. The molecule has 1 saturated heterocycles. The summed E-state index contributed by atoms with van der Waals surface area (Å²) >= 11 is 0. The van der Waals surface area contributed by atoms with Crippen molar-refractivity contribution in [2.45, 2.75) is 45.2 Å². The predicted octanol–water partition coefficient (Wildman–Crippen LogP) is 3.95. The average molecular weight is 703 g/mol. The summed E-state index contributed by atoms with van der Waals surface area (Å²) in [4.78, 5) is 59.0. The molecule has 0 saturated carbocycles. The quantitative estimate of drug-likeness (QED) is 0.373. The van der Waals surface area contributed by atoms with E-state index in [-0.39, 0.29) is 60.2 Å². The van der Waals surface area contributed by atoms with Crippen LogP contribution in [-0.2, 0) is 16.1 Å². The molecule has 1 fully saturated rings. The largest absolute Gasteiger partial charge is 0.493 e. The third kappa shape index (κ3) is 9.97. The van der Waals surface area contributed by atoms with Crippen molar-refractivity contribution in [3.8, 4) is 17.2 Å². The van der Waals surface area contributed by atoms with E-state index in [2.05, 4.69) is 32.8 Å². The molecule has 4 amide bonds. The Morgan fingerprint density at radius 2 is 1.65 bits per heavy atom. The number of likely N-dealkylation sites (N-methyl/N-ethyl adjacent to an activating group) is 1. The molecule has 3 aromatic carbocycles. The molecule has 6 rings (SSSR count). The first-order valence-electron chi connectivity index (χ1n) is 17.5. The van der Waals surface area contributed by atoms with E-state index in [0.717, 1.165) is 31.9 Å². The second-order valence-electron chi connectivity index (χ2n) is 12.8. The zero-order valence-electron chi connectivity index (χ0n) is 29.5. The minimum Gasteiger partial charge on any atom is -0.493 e. The maximum Gasteiger partial charge on any atom is 0.253 e. The standard InChI is InChI=1S/C38H47FN6O6/c1-4-31-37(48)41-25-26-8-14-32(30(39)23-26)51-34-24-28(11-15-33(34)50-3)36(47)40-16-6-18-45(17-5-7-35(46)42-31)38(49)27-9-12-29(13-10-27)44-21-19-43(2)20-22-44/h8-15,23-24,31H,4-7,16-22,25H2,1-3H3,(H,40,47)(H,41,48)(H,42,46)/t31-/m0/s1. The van der Waals surface area contributed by atoms with Crippen LogP contribution < -0.4 is 30.3 Å². The van der Waals surface area contributed by atoms with Gasteiger partial charge in [-0.15, -0.1) is 0 Å². The highest BCUT2D eigenvalue weighted by molar-refractivity contribution is 5.95. The van der Waals surface area contributed by atoms with Crippen LogP contribution in [0.15, 0.2) is 60.7 Å². The van der Waals surface area contributed by atoms with Gasteiger partial charge in [0.1, 0.15) is 6.04 Å². The van der Waals surface area contributed by atoms with Gasteiger partial charge in [0.25, 0.3) is 11.8 Å². The fourth-order valence-electron chi connectivity index (χ4n) is 6.07. The Bertz CT molecular complexity index is 1690. The fourth-order valence-corrected chi connectivity index (χ4v) is 6.07. The Hall–Kier alpha value is -5.17. The number of halogens is 1. The molecule has 3 aliphatic heterocycles. The van der Waals surface area contributed by atoms with Gasteiger partial charge in [0, 0.05) is 75.6 Å². The lowest BCUT2D eigenvalue weighted by molar-refractivity contribution is -0.129. The Morgan fingerprint density at radius 3 is 2.35 bits per heavy atom. The van der Waals surface area contributed by atoms with Gasteiger partial charge in [0.2, 0.25) is 11.8 Å². The van der Waals surface area contributed by atoms with Crippen molar-refractivity contribution in [2.75, 3.05) is 64.9 Å². The van der Waals surface area contributed by atoms with Crippen LogP contribution in [0.25, 0.3) is 0 Å². The average Bonchev–Trinajstić information content (AvgIpc) is 3.14. The van der Waals surface area contributed by atoms with Gasteiger partial charge < -0.3 is 40.1 Å². The highest BCUT2D eigenvalue weighted by Crippen LogP contribution is 2.34. The van der Waals surface area contributed by atoms with Crippen LogP contribution in [0.1, 0.15) is 58.9 Å². The summed E-state index contributed by atoms with van der Waals surface area (Å²) < 4.78 is 26.3. The SMILES string of the molecule is CC[C@@H]1NC(=O)CCCN(C(=O)c2ccc(N3CCN(C)CC3)cc2)CCCNC(=O)c2ccc(OC)c(c2)Oc2ccc(cc2F)CNC1=O. The van der Waals surface area contributed by atoms with E-state index in [1.807, 2.05) is 24.3 Å². The van der Waals surface area contributed by atoms with Crippen molar-refractivity contribution < 1.29 is 33.0 Å². The second kappa shape index (κ2) is 17.7. The highest BCUT2D eigenvalue weighted by Gasteiger charge is 2.22. The summed E-state index contributed by atoms with van der Waals surface area (Å²) in [5.74, 6) is -1.52. The molecule has 3 aromatic rings. The van der Waals surface area contributed by atoms with Crippen molar-refractivity contribution in [3.63, 3.8) is 0 Å². The summed E-state index contributed by atoms with van der Waals surface area (Å²) in [5, 5.41) is 8.44. The van der Waals surface area contributed by atoms with Crippen molar-refractivity contribution >= 4 is 29.3 Å². The number of fused-ring (bicyclic) bond motifs is 16. The number of piperazine rings is 1. The molecule has 51 heavy (non-hydrogen) atoms. The first kappa shape index (κ1) is 37.1. The molecule has 3 heterocycles. The molecular weight excluding hydrogens is 655 g/mol. The summed E-state index contributed by atoms with van der Waals surface area (Å²) in [5.41, 5.74) is 2.38. The van der Waals surface area contributed by atoms with E-state index in [0.29, 0.717) is 49.2 Å². The minimum absolute atomic E-state index is 0.0365. The summed E-state index contributed by atoms with van der Waals surface area (Å²) in [7, 11) is 3.55. The Balaban J connectivity index is 1.33.